The molecule has 0 atom stereocenters. The molecule has 1 fully saturated rings. The Bertz CT molecular complexity index is 1000. The van der Waals surface area contributed by atoms with Crippen LogP contribution < -0.4 is 10.1 Å². The number of nitrogens with zero attached hydrogens (tertiary/aromatic N) is 3. The topological polar surface area (TPSA) is 61.2 Å². The van der Waals surface area contributed by atoms with Gasteiger partial charge in [0.25, 0.3) is 0 Å². The van der Waals surface area contributed by atoms with Crippen LogP contribution in [0.5, 0.6) is 5.75 Å². The second kappa shape index (κ2) is 7.20. The first kappa shape index (κ1) is 18.4. The maximum Gasteiger partial charge on any atom is 0.246 e. The number of aromatic nitrogens is 3. The van der Waals surface area contributed by atoms with Crippen LogP contribution in [0.3, 0.4) is 0 Å². The van der Waals surface area contributed by atoms with E-state index in [-0.39, 0.29) is 5.41 Å². The third-order valence-corrected chi connectivity index (χ3v) is 4.45. The number of nitrogens with one attached hydrogen (secondary N) is 1. The number of rotatable bonds is 6. The monoisotopic (exact) mass is 386 g/mol. The van der Waals surface area contributed by atoms with Crippen molar-refractivity contribution in [3.63, 3.8) is 0 Å². The summed E-state index contributed by atoms with van der Waals surface area (Å²) in [6.45, 7) is 6.09. The Morgan fingerprint density at radius 1 is 1.18 bits per heavy atom. The predicted octanol–water partition coefficient (Wildman–Crippen LogP) is 4.01. The minimum atomic E-state index is -0.937. The smallest absolute Gasteiger partial charge is 0.246 e. The standard InChI is InChI=1S/C20H20F2N4O2/c1-13-5-14(7-16(6-13)28-11-20(2)9-27-10-20)24-19-23-12-26(25-19)15-3-4-17(21)18(22)8-15/h3-8,12H,9-11H2,1-2H3,(H,24,25). The molecule has 2 aromatic carbocycles. The molecule has 28 heavy (non-hydrogen) atoms. The molecule has 8 heteroatoms. The molecule has 0 radical (unpaired) electrons. The van der Waals surface area contributed by atoms with Crippen molar-refractivity contribution in [2.24, 2.45) is 5.41 Å². The van der Waals surface area contributed by atoms with Gasteiger partial charge in [-0.05, 0) is 36.8 Å². The molecule has 3 aromatic rings. The second-order valence-corrected chi connectivity index (χ2v) is 7.36. The fourth-order valence-corrected chi connectivity index (χ4v) is 2.90. The van der Waals surface area contributed by atoms with E-state index >= 15 is 0 Å². The number of hydrogen-bond acceptors (Lipinski definition) is 5. The molecule has 146 valence electrons. The highest BCUT2D eigenvalue weighted by atomic mass is 19.2. The lowest BCUT2D eigenvalue weighted by molar-refractivity contribution is -0.120. The summed E-state index contributed by atoms with van der Waals surface area (Å²) < 4.78 is 39.1. The Morgan fingerprint density at radius 3 is 2.71 bits per heavy atom. The third kappa shape index (κ3) is 3.96. The van der Waals surface area contributed by atoms with E-state index in [1.54, 1.807) is 0 Å². The maximum absolute atomic E-state index is 13.4. The molecular weight excluding hydrogens is 366 g/mol. The van der Waals surface area contributed by atoms with Gasteiger partial charge in [-0.15, -0.1) is 5.10 Å². The van der Waals surface area contributed by atoms with Crippen LogP contribution in [0.15, 0.2) is 42.7 Å². The number of ether oxygens (including phenoxy) is 2. The number of aryl methyl sites for hydroxylation is 1. The lowest BCUT2D eigenvalue weighted by Gasteiger charge is -2.37. The first-order chi connectivity index (χ1) is 13.4. The zero-order chi connectivity index (χ0) is 19.7. The van der Waals surface area contributed by atoms with E-state index in [4.69, 9.17) is 9.47 Å². The van der Waals surface area contributed by atoms with E-state index in [1.165, 1.54) is 17.1 Å². The molecule has 1 N–H and O–H groups in total. The van der Waals surface area contributed by atoms with Crippen LogP contribution in [0.2, 0.25) is 0 Å². The van der Waals surface area contributed by atoms with Crippen molar-refractivity contribution in [2.75, 3.05) is 25.1 Å². The van der Waals surface area contributed by atoms with Gasteiger partial charge in [0, 0.05) is 23.2 Å². The highest BCUT2D eigenvalue weighted by Gasteiger charge is 2.34. The van der Waals surface area contributed by atoms with Crippen LogP contribution >= 0.6 is 0 Å². The van der Waals surface area contributed by atoms with Gasteiger partial charge in [0.1, 0.15) is 12.1 Å². The Kier molecular flexibility index (Phi) is 4.72. The van der Waals surface area contributed by atoms with Gasteiger partial charge in [-0.3, -0.25) is 0 Å². The lowest BCUT2D eigenvalue weighted by atomic mass is 9.90. The molecule has 0 saturated carbocycles. The van der Waals surface area contributed by atoms with E-state index < -0.39 is 11.6 Å². The van der Waals surface area contributed by atoms with Crippen molar-refractivity contribution in [3.8, 4) is 11.4 Å². The summed E-state index contributed by atoms with van der Waals surface area (Å²) in [5.74, 6) is -0.762. The molecule has 0 bridgehead atoms. The van der Waals surface area contributed by atoms with Crippen LogP contribution in [0, 0.1) is 24.0 Å². The predicted molar refractivity (Wildman–Crippen MR) is 100 cm³/mol. The summed E-state index contributed by atoms with van der Waals surface area (Å²) in [4.78, 5) is 4.17. The quantitative estimate of drug-likeness (QED) is 0.694. The molecule has 6 nitrogen and oxygen atoms in total. The van der Waals surface area contributed by atoms with Crippen LogP contribution in [0.1, 0.15) is 12.5 Å². The van der Waals surface area contributed by atoms with Crippen molar-refractivity contribution < 1.29 is 18.3 Å². The molecule has 4 rings (SSSR count). The maximum atomic E-state index is 13.4. The van der Waals surface area contributed by atoms with Gasteiger partial charge in [0.05, 0.1) is 25.5 Å². The second-order valence-electron chi connectivity index (χ2n) is 7.36. The summed E-state index contributed by atoms with van der Waals surface area (Å²) in [6, 6.07) is 9.32. The Labute approximate surface area is 161 Å². The van der Waals surface area contributed by atoms with E-state index in [0.717, 1.165) is 29.1 Å². The van der Waals surface area contributed by atoms with E-state index in [2.05, 4.69) is 22.3 Å². The third-order valence-electron chi connectivity index (χ3n) is 4.45. The fraction of sp³-hybridized carbons (Fsp3) is 0.300. The molecule has 2 heterocycles. The minimum Gasteiger partial charge on any atom is -0.493 e. The highest BCUT2D eigenvalue weighted by Crippen LogP contribution is 2.29. The van der Waals surface area contributed by atoms with Crippen LogP contribution in [0.4, 0.5) is 20.4 Å². The van der Waals surface area contributed by atoms with Gasteiger partial charge in [-0.1, -0.05) is 6.92 Å². The molecule has 1 aliphatic heterocycles. The van der Waals surface area contributed by atoms with Gasteiger partial charge in [0.2, 0.25) is 5.95 Å². The number of benzene rings is 2. The lowest BCUT2D eigenvalue weighted by Crippen LogP contribution is -2.44. The van der Waals surface area contributed by atoms with E-state index in [1.807, 2.05) is 25.1 Å². The Balaban J connectivity index is 1.48. The minimum absolute atomic E-state index is 0.0576. The fourth-order valence-electron chi connectivity index (χ4n) is 2.90. The van der Waals surface area contributed by atoms with Crippen LogP contribution in [-0.4, -0.2) is 34.6 Å². The summed E-state index contributed by atoms with van der Waals surface area (Å²) in [7, 11) is 0. The van der Waals surface area contributed by atoms with E-state index in [9.17, 15) is 8.78 Å². The largest absolute Gasteiger partial charge is 0.493 e. The Hall–Kier alpha value is -3.00. The normalized spacial score (nSPS) is 15.1. The van der Waals surface area contributed by atoms with Gasteiger partial charge in [0.15, 0.2) is 11.6 Å². The molecule has 1 aromatic heterocycles. The summed E-state index contributed by atoms with van der Waals surface area (Å²) in [5.41, 5.74) is 2.23. The molecule has 1 saturated heterocycles. The molecule has 1 aliphatic rings. The molecular formula is C20H20F2N4O2. The van der Waals surface area contributed by atoms with Crippen LogP contribution in [0.25, 0.3) is 5.69 Å². The number of halogens is 2. The van der Waals surface area contributed by atoms with Crippen molar-refractivity contribution >= 4 is 11.6 Å². The average Bonchev–Trinajstić information content (AvgIpc) is 3.08. The summed E-state index contributed by atoms with van der Waals surface area (Å²) >= 11 is 0. The Morgan fingerprint density at radius 2 is 2.00 bits per heavy atom. The van der Waals surface area contributed by atoms with E-state index in [0.29, 0.717) is 31.5 Å². The summed E-state index contributed by atoms with van der Waals surface area (Å²) in [6.07, 6.45) is 1.43. The zero-order valence-corrected chi connectivity index (χ0v) is 15.6. The van der Waals surface area contributed by atoms with Gasteiger partial charge in [-0.2, -0.15) is 4.98 Å². The zero-order valence-electron chi connectivity index (χ0n) is 15.6. The molecule has 0 aliphatic carbocycles. The van der Waals surface area contributed by atoms with Crippen molar-refractivity contribution in [3.05, 3.63) is 59.9 Å². The molecule has 0 spiro atoms. The first-order valence-corrected chi connectivity index (χ1v) is 8.87. The van der Waals surface area contributed by atoms with Crippen molar-refractivity contribution in [1.29, 1.82) is 0 Å². The molecule has 0 amide bonds. The highest BCUT2D eigenvalue weighted by molar-refractivity contribution is 5.57. The first-order valence-electron chi connectivity index (χ1n) is 8.87. The SMILES string of the molecule is Cc1cc(Nc2ncn(-c3ccc(F)c(F)c3)n2)cc(OCC2(C)COC2)c1. The van der Waals surface area contributed by atoms with Gasteiger partial charge < -0.3 is 14.8 Å². The van der Waals surface area contributed by atoms with Gasteiger partial charge in [-0.25, -0.2) is 13.5 Å². The van der Waals surface area contributed by atoms with Crippen molar-refractivity contribution in [1.82, 2.24) is 14.8 Å². The average molecular weight is 386 g/mol. The van der Waals surface area contributed by atoms with Crippen LogP contribution in [-0.2, 0) is 4.74 Å². The number of hydrogen-bond donors (Lipinski definition) is 1. The van der Waals surface area contributed by atoms with Gasteiger partial charge >= 0.3 is 0 Å². The molecule has 0 unspecified atom stereocenters. The number of anilines is 2. The van der Waals surface area contributed by atoms with Crippen molar-refractivity contribution in [2.45, 2.75) is 13.8 Å². The summed E-state index contributed by atoms with van der Waals surface area (Å²) in [5, 5.41) is 7.37.